The normalized spacial score (nSPS) is 12.5. The molecule has 0 saturated heterocycles. The van der Waals surface area contributed by atoms with Crippen molar-refractivity contribution in [3.8, 4) is 46.0 Å². The topological polar surface area (TPSA) is 132 Å². The van der Waals surface area contributed by atoms with Crippen LogP contribution >= 0.6 is 11.3 Å². The van der Waals surface area contributed by atoms with Gasteiger partial charge in [0.05, 0.1) is 36.8 Å². The van der Waals surface area contributed by atoms with Gasteiger partial charge in [0.2, 0.25) is 5.13 Å². The summed E-state index contributed by atoms with van der Waals surface area (Å²) < 4.78 is 33.9. The van der Waals surface area contributed by atoms with Crippen molar-refractivity contribution in [1.82, 2.24) is 29.9 Å². The molecule has 0 aromatic carbocycles. The second kappa shape index (κ2) is 10.7. The molecular formula is C25H18F2N8O2S. The Labute approximate surface area is 219 Å². The van der Waals surface area contributed by atoms with Crippen LogP contribution < -0.4 is 10.1 Å². The minimum Gasteiger partial charge on any atom is -0.494 e. The van der Waals surface area contributed by atoms with Gasteiger partial charge >= 0.3 is 0 Å². The smallest absolute Gasteiger partial charge is 0.280 e. The van der Waals surface area contributed by atoms with Gasteiger partial charge in [-0.15, -0.1) is 10.2 Å². The Morgan fingerprint density at radius 2 is 2.08 bits per heavy atom. The van der Waals surface area contributed by atoms with Crippen molar-refractivity contribution in [2.45, 2.75) is 25.8 Å². The lowest BCUT2D eigenvalue weighted by Crippen LogP contribution is -2.14. The van der Waals surface area contributed by atoms with Crippen molar-refractivity contribution >= 4 is 22.4 Å². The minimum atomic E-state index is -2.83. The van der Waals surface area contributed by atoms with Gasteiger partial charge in [-0.05, 0) is 30.9 Å². The summed E-state index contributed by atoms with van der Waals surface area (Å²) in [6.45, 7) is 0.0398. The van der Waals surface area contributed by atoms with E-state index in [1.165, 1.54) is 36.4 Å². The lowest BCUT2D eigenvalue weighted by molar-refractivity contribution is 0.102. The number of methoxy groups -OCH3 is 1. The number of carbonyl (C=O) groups is 1. The summed E-state index contributed by atoms with van der Waals surface area (Å²) in [5, 5.41) is 24.4. The van der Waals surface area contributed by atoms with Gasteiger partial charge in [-0.1, -0.05) is 17.3 Å². The van der Waals surface area contributed by atoms with E-state index in [1.54, 1.807) is 12.3 Å². The fourth-order valence-corrected chi connectivity index (χ4v) is 4.10. The van der Waals surface area contributed by atoms with Gasteiger partial charge in [0.1, 0.15) is 18.0 Å². The fourth-order valence-electron chi connectivity index (χ4n) is 3.50. The van der Waals surface area contributed by atoms with Crippen LogP contribution in [0.4, 0.5) is 13.9 Å². The summed E-state index contributed by atoms with van der Waals surface area (Å²) in [7, 11) is 1.38. The number of amides is 1. The van der Waals surface area contributed by atoms with E-state index in [0.717, 1.165) is 24.2 Å². The first-order valence-corrected chi connectivity index (χ1v) is 12.2. The number of alkyl halides is 2. The quantitative estimate of drug-likeness (QED) is 0.348. The second-order valence-electron chi connectivity index (χ2n) is 8.22. The van der Waals surface area contributed by atoms with Gasteiger partial charge < -0.3 is 4.74 Å². The molecule has 1 amide bonds. The van der Waals surface area contributed by atoms with Gasteiger partial charge in [-0.2, -0.15) is 10.4 Å². The second-order valence-corrected chi connectivity index (χ2v) is 9.20. The van der Waals surface area contributed by atoms with Crippen LogP contribution in [0.25, 0.3) is 22.4 Å². The third-order valence-electron chi connectivity index (χ3n) is 5.54. The number of ether oxygens (including phenoxy) is 1. The molecule has 1 aliphatic rings. The number of carbonyl (C=O) groups excluding carboxylic acids is 1. The molecule has 1 aliphatic carbocycles. The summed E-state index contributed by atoms with van der Waals surface area (Å²) in [6.07, 6.45) is 4.96. The van der Waals surface area contributed by atoms with Crippen LogP contribution in [0.3, 0.4) is 0 Å². The van der Waals surface area contributed by atoms with E-state index in [0.29, 0.717) is 22.2 Å². The highest BCUT2D eigenvalue weighted by Crippen LogP contribution is 2.36. The van der Waals surface area contributed by atoms with Crippen LogP contribution in [0, 0.1) is 29.1 Å². The van der Waals surface area contributed by atoms with Crippen LogP contribution in [-0.2, 0) is 6.54 Å². The average molecular weight is 533 g/mol. The molecule has 13 heteroatoms. The molecular weight excluding hydrogens is 514 g/mol. The highest BCUT2D eigenvalue weighted by Gasteiger charge is 2.22. The summed E-state index contributed by atoms with van der Waals surface area (Å²) in [5.74, 6) is 6.05. The zero-order valence-electron chi connectivity index (χ0n) is 19.9. The molecule has 0 unspecified atom stereocenters. The van der Waals surface area contributed by atoms with E-state index >= 15 is 0 Å². The van der Waals surface area contributed by atoms with Crippen LogP contribution in [0.15, 0.2) is 36.9 Å². The van der Waals surface area contributed by atoms with Crippen molar-refractivity contribution in [1.29, 1.82) is 5.26 Å². The molecule has 4 aromatic heterocycles. The Balaban J connectivity index is 1.55. The Hall–Kier alpha value is -4.75. The van der Waals surface area contributed by atoms with E-state index in [2.05, 4.69) is 42.4 Å². The molecule has 0 radical (unpaired) electrons. The maximum Gasteiger partial charge on any atom is 0.280 e. The first kappa shape index (κ1) is 24.9. The monoisotopic (exact) mass is 532 g/mol. The van der Waals surface area contributed by atoms with Gasteiger partial charge in [-0.3, -0.25) is 24.8 Å². The Morgan fingerprint density at radius 1 is 1.24 bits per heavy atom. The van der Waals surface area contributed by atoms with E-state index in [-0.39, 0.29) is 34.1 Å². The molecule has 0 spiro atoms. The van der Waals surface area contributed by atoms with E-state index in [4.69, 9.17) is 10.00 Å². The van der Waals surface area contributed by atoms with E-state index in [9.17, 15) is 13.6 Å². The van der Waals surface area contributed by atoms with E-state index < -0.39 is 18.0 Å². The molecule has 0 aliphatic heterocycles. The lowest BCUT2D eigenvalue weighted by Gasteiger charge is -2.14. The third-order valence-corrected chi connectivity index (χ3v) is 6.29. The van der Waals surface area contributed by atoms with Crippen molar-refractivity contribution < 1.29 is 18.3 Å². The lowest BCUT2D eigenvalue weighted by atomic mass is 9.98. The molecule has 5 rings (SSSR count). The molecule has 0 atom stereocenters. The molecule has 4 heterocycles. The van der Waals surface area contributed by atoms with E-state index in [1.807, 2.05) is 6.07 Å². The first-order valence-electron chi connectivity index (χ1n) is 11.3. The van der Waals surface area contributed by atoms with Gasteiger partial charge in [0, 0.05) is 35.0 Å². The Bertz CT molecular complexity index is 1610. The Kier molecular flexibility index (Phi) is 7.02. The maximum atomic E-state index is 13.5. The molecule has 10 nitrogen and oxygen atoms in total. The minimum absolute atomic E-state index is 0.0398. The molecule has 1 N–H and O–H groups in total. The van der Waals surface area contributed by atoms with Gasteiger partial charge in [0.25, 0.3) is 12.3 Å². The standard InChI is InChI=1S/C25H18F2N8O2S/c1-37-21-12-30-20(23(26)27)9-17(21)16-8-19(15-10-31-35(13-15)7-6-28)29-11-18(16)24(36)32-25-34-33-22(38-25)5-4-14-2-3-14/h8-14,23H,2-3,7H2,1H3,(H,32,34,36). The summed E-state index contributed by atoms with van der Waals surface area (Å²) in [6, 6.07) is 4.74. The van der Waals surface area contributed by atoms with Crippen LogP contribution in [0.5, 0.6) is 5.75 Å². The SMILES string of the molecule is COc1cnc(C(F)F)cc1-c1cc(-c2cnn(CC#N)c2)ncc1C(=O)Nc1nnc(C#CC2CC2)s1. The van der Waals surface area contributed by atoms with Crippen molar-refractivity contribution in [3.05, 3.63) is 53.2 Å². The molecule has 1 saturated carbocycles. The first-order chi connectivity index (χ1) is 18.4. The number of nitriles is 1. The number of hydrogen-bond acceptors (Lipinski definition) is 9. The Morgan fingerprint density at radius 3 is 2.82 bits per heavy atom. The largest absolute Gasteiger partial charge is 0.494 e. The van der Waals surface area contributed by atoms with Crippen LogP contribution in [-0.4, -0.2) is 43.0 Å². The number of pyridine rings is 2. The third kappa shape index (κ3) is 5.48. The zero-order valence-corrected chi connectivity index (χ0v) is 20.7. The predicted octanol–water partition coefficient (Wildman–Crippen LogP) is 4.34. The number of rotatable bonds is 7. The highest BCUT2D eigenvalue weighted by atomic mass is 32.1. The van der Waals surface area contributed by atoms with Gasteiger partial charge in [-0.25, -0.2) is 8.78 Å². The average Bonchev–Trinajstić information content (AvgIpc) is 3.46. The van der Waals surface area contributed by atoms with Crippen molar-refractivity contribution in [3.63, 3.8) is 0 Å². The van der Waals surface area contributed by atoms with Crippen molar-refractivity contribution in [2.75, 3.05) is 12.4 Å². The van der Waals surface area contributed by atoms with Crippen LogP contribution in [0.1, 0.15) is 40.3 Å². The number of anilines is 1. The fraction of sp³-hybridized carbons (Fsp3) is 0.240. The molecule has 4 aromatic rings. The summed E-state index contributed by atoms with van der Waals surface area (Å²) >= 11 is 1.13. The number of nitrogens with one attached hydrogen (secondary N) is 1. The zero-order chi connectivity index (χ0) is 26.6. The summed E-state index contributed by atoms with van der Waals surface area (Å²) in [4.78, 5) is 21.5. The predicted molar refractivity (Wildman–Crippen MR) is 133 cm³/mol. The van der Waals surface area contributed by atoms with Gasteiger partial charge in [0.15, 0.2) is 5.01 Å². The highest BCUT2D eigenvalue weighted by molar-refractivity contribution is 7.15. The molecule has 38 heavy (non-hydrogen) atoms. The van der Waals surface area contributed by atoms with Crippen molar-refractivity contribution in [2.24, 2.45) is 5.92 Å². The number of nitrogens with zero attached hydrogens (tertiary/aromatic N) is 7. The molecule has 190 valence electrons. The molecule has 0 bridgehead atoms. The van der Waals surface area contributed by atoms with Crippen LogP contribution in [0.2, 0.25) is 0 Å². The number of halogens is 2. The molecule has 1 fully saturated rings. The number of aromatic nitrogens is 6. The summed E-state index contributed by atoms with van der Waals surface area (Å²) in [5.41, 5.74) is 1.09. The maximum absolute atomic E-state index is 13.5. The number of hydrogen-bond donors (Lipinski definition) is 1.